The lowest BCUT2D eigenvalue weighted by atomic mass is 9.83. The Balaban J connectivity index is 3.23. The van der Waals surface area contributed by atoms with E-state index in [0.29, 0.717) is 32.1 Å². The number of nitrogens with one attached hydrogen (secondary N) is 3. The average molecular weight is 695 g/mol. The lowest BCUT2D eigenvalue weighted by Crippen LogP contribution is -2.60. The van der Waals surface area contributed by atoms with E-state index in [4.69, 9.17) is 16.2 Å². The SMILES string of the molecule is C=CCCCC[C@@H](OC(=O)CNC(=O)[C@@H](C)[C@H](C)O)[C@@H](C)C(=O)N(C)[C@@H](CC(C)C)C(=O)N[C@H](C(=O)N[C@@H](CN)C(N)=O)C1CCCCC1. The number of rotatable bonds is 22. The van der Waals surface area contributed by atoms with Crippen molar-refractivity contribution in [2.75, 3.05) is 20.1 Å². The molecule has 1 aliphatic rings. The van der Waals surface area contributed by atoms with Gasteiger partial charge in [0.05, 0.1) is 17.9 Å². The van der Waals surface area contributed by atoms with E-state index in [2.05, 4.69) is 22.5 Å². The molecule has 0 bridgehead atoms. The van der Waals surface area contributed by atoms with Crippen LogP contribution in [0.5, 0.6) is 0 Å². The Morgan fingerprint density at radius 2 is 1.57 bits per heavy atom. The minimum absolute atomic E-state index is 0.0000782. The van der Waals surface area contributed by atoms with Gasteiger partial charge in [0.15, 0.2) is 0 Å². The number of carbonyl (C=O) groups is 6. The van der Waals surface area contributed by atoms with Crippen molar-refractivity contribution in [1.29, 1.82) is 0 Å². The van der Waals surface area contributed by atoms with Crippen molar-refractivity contribution >= 4 is 35.5 Å². The van der Waals surface area contributed by atoms with Crippen molar-refractivity contribution in [2.24, 2.45) is 35.1 Å². The molecule has 1 rings (SSSR count). The molecule has 0 heterocycles. The van der Waals surface area contributed by atoms with Crippen molar-refractivity contribution in [3.8, 4) is 0 Å². The minimum Gasteiger partial charge on any atom is -0.460 e. The molecule has 280 valence electrons. The van der Waals surface area contributed by atoms with Gasteiger partial charge < -0.3 is 42.2 Å². The molecule has 8 N–H and O–H groups in total. The summed E-state index contributed by atoms with van der Waals surface area (Å²) in [4.78, 5) is 79.7. The number of primary amides is 1. The van der Waals surface area contributed by atoms with E-state index in [1.807, 2.05) is 13.8 Å². The van der Waals surface area contributed by atoms with Crippen LogP contribution in [-0.4, -0.2) is 96.0 Å². The standard InChI is InChI=1S/C35H62N6O8/c1-8-9-10-14-17-28(49-29(43)20-38-32(45)22(4)24(6)42)23(5)35(48)41(7)27(18-21(2)3)33(46)40-30(25-15-12-11-13-16-25)34(47)39-26(19-36)31(37)44/h8,21-28,30,42H,1,9-20,36H2,2-7H3,(H2,37,44)(H,38,45)(H,39,47)(H,40,46)/t22-,23+,24-,26-,27-,28+,30-/m0/s1. The third-order valence-electron chi connectivity index (χ3n) is 9.33. The summed E-state index contributed by atoms with van der Waals surface area (Å²) < 4.78 is 5.73. The van der Waals surface area contributed by atoms with E-state index >= 15 is 0 Å². The lowest BCUT2D eigenvalue weighted by Gasteiger charge is -2.36. The van der Waals surface area contributed by atoms with Crippen LogP contribution in [0.2, 0.25) is 0 Å². The van der Waals surface area contributed by atoms with Crippen LogP contribution in [0, 0.1) is 23.7 Å². The number of aliphatic hydroxyl groups excluding tert-OH is 1. The first kappa shape index (κ1) is 43.5. The summed E-state index contributed by atoms with van der Waals surface area (Å²) in [6.45, 7) is 11.6. The number of carbonyl (C=O) groups excluding carboxylic acids is 6. The van der Waals surface area contributed by atoms with E-state index in [9.17, 15) is 33.9 Å². The van der Waals surface area contributed by atoms with Crippen molar-refractivity contribution in [3.63, 3.8) is 0 Å². The number of esters is 1. The highest BCUT2D eigenvalue weighted by molar-refractivity contribution is 5.94. The van der Waals surface area contributed by atoms with Crippen LogP contribution < -0.4 is 27.4 Å². The summed E-state index contributed by atoms with van der Waals surface area (Å²) in [5.74, 6) is -5.25. The highest BCUT2D eigenvalue weighted by Crippen LogP contribution is 2.28. The highest BCUT2D eigenvalue weighted by Gasteiger charge is 2.38. The number of unbranched alkanes of at least 4 members (excludes halogenated alkanes) is 2. The monoisotopic (exact) mass is 694 g/mol. The van der Waals surface area contributed by atoms with Gasteiger partial charge in [0.25, 0.3) is 0 Å². The number of nitrogens with two attached hydrogens (primary N) is 2. The second kappa shape index (κ2) is 22.2. The zero-order valence-electron chi connectivity index (χ0n) is 30.4. The molecule has 1 saturated carbocycles. The van der Waals surface area contributed by atoms with Gasteiger partial charge in [0.1, 0.15) is 30.8 Å². The number of amides is 5. The maximum atomic E-state index is 14.0. The molecule has 5 amide bonds. The lowest BCUT2D eigenvalue weighted by molar-refractivity contribution is -0.158. The van der Waals surface area contributed by atoms with Crippen molar-refractivity contribution in [1.82, 2.24) is 20.9 Å². The molecule has 0 aromatic carbocycles. The van der Waals surface area contributed by atoms with Gasteiger partial charge in [-0.2, -0.15) is 0 Å². The van der Waals surface area contributed by atoms with E-state index in [1.165, 1.54) is 25.8 Å². The molecule has 7 atom stereocenters. The summed E-state index contributed by atoms with van der Waals surface area (Å²) in [6, 6.07) is -3.00. The molecule has 49 heavy (non-hydrogen) atoms. The highest BCUT2D eigenvalue weighted by atomic mass is 16.5. The Kier molecular flexibility index (Phi) is 19.8. The smallest absolute Gasteiger partial charge is 0.325 e. The molecule has 0 radical (unpaired) electrons. The van der Waals surface area contributed by atoms with Crippen molar-refractivity contribution in [2.45, 2.75) is 129 Å². The first-order valence-corrected chi connectivity index (χ1v) is 17.7. The molecule has 14 nitrogen and oxygen atoms in total. The van der Waals surface area contributed by atoms with Crippen LogP contribution in [0.3, 0.4) is 0 Å². The number of allylic oxidation sites excluding steroid dienone is 1. The summed E-state index contributed by atoms with van der Waals surface area (Å²) in [5.41, 5.74) is 11.1. The number of likely N-dealkylation sites (N-methyl/N-ethyl adjacent to an activating group) is 1. The maximum absolute atomic E-state index is 14.0. The van der Waals surface area contributed by atoms with Crippen LogP contribution in [0.4, 0.5) is 0 Å². The Morgan fingerprint density at radius 3 is 2.10 bits per heavy atom. The molecule has 1 aliphatic carbocycles. The third-order valence-corrected chi connectivity index (χ3v) is 9.33. The van der Waals surface area contributed by atoms with Crippen molar-refractivity contribution < 1.29 is 38.6 Å². The third kappa shape index (κ3) is 14.9. The molecule has 0 spiro atoms. The summed E-state index contributed by atoms with van der Waals surface area (Å²) in [5, 5.41) is 17.6. The second-order valence-electron chi connectivity index (χ2n) is 13.8. The molecule has 14 heteroatoms. The van der Waals surface area contributed by atoms with Gasteiger partial charge >= 0.3 is 5.97 Å². The number of hydrogen-bond donors (Lipinski definition) is 6. The summed E-state index contributed by atoms with van der Waals surface area (Å²) >= 11 is 0. The van der Waals surface area contributed by atoms with Crippen LogP contribution >= 0.6 is 0 Å². The predicted octanol–water partition coefficient (Wildman–Crippen LogP) is 1.28. The number of aliphatic hydroxyl groups is 1. The van der Waals surface area contributed by atoms with Crippen LogP contribution in [0.1, 0.15) is 98.8 Å². The second-order valence-corrected chi connectivity index (χ2v) is 13.8. The average Bonchev–Trinajstić information content (AvgIpc) is 3.07. The molecular weight excluding hydrogens is 632 g/mol. The molecule has 0 aromatic rings. The maximum Gasteiger partial charge on any atom is 0.325 e. The molecule has 0 aromatic heterocycles. The Labute approximate surface area is 291 Å². The van der Waals surface area contributed by atoms with Gasteiger partial charge in [-0.05, 0) is 63.7 Å². The molecule has 0 aliphatic heterocycles. The van der Waals surface area contributed by atoms with Gasteiger partial charge in [-0.3, -0.25) is 28.8 Å². The fourth-order valence-electron chi connectivity index (χ4n) is 5.94. The van der Waals surface area contributed by atoms with Gasteiger partial charge in [0, 0.05) is 13.6 Å². The van der Waals surface area contributed by atoms with Crippen LogP contribution in [-0.2, 0) is 33.5 Å². The first-order chi connectivity index (χ1) is 23.0. The Morgan fingerprint density at radius 1 is 0.939 bits per heavy atom. The van der Waals surface area contributed by atoms with Gasteiger partial charge in [-0.1, -0.05) is 53.0 Å². The molecule has 0 saturated heterocycles. The van der Waals surface area contributed by atoms with Gasteiger partial charge in [-0.25, -0.2) is 0 Å². The zero-order chi connectivity index (χ0) is 37.3. The molecule has 1 fully saturated rings. The quantitative estimate of drug-likeness (QED) is 0.0545. The number of ether oxygens (including phenoxy) is 1. The normalized spacial score (nSPS) is 17.7. The summed E-state index contributed by atoms with van der Waals surface area (Å²) in [6.07, 6.45) is 7.06. The predicted molar refractivity (Wildman–Crippen MR) is 186 cm³/mol. The Hall–Kier alpha value is -3.52. The van der Waals surface area contributed by atoms with Crippen molar-refractivity contribution in [3.05, 3.63) is 12.7 Å². The fraction of sp³-hybridized carbons (Fsp3) is 0.771. The first-order valence-electron chi connectivity index (χ1n) is 17.7. The fourth-order valence-corrected chi connectivity index (χ4v) is 5.94. The van der Waals surface area contributed by atoms with Gasteiger partial charge in [-0.15, -0.1) is 6.58 Å². The molecular formula is C35H62N6O8. The Bertz CT molecular complexity index is 1110. The van der Waals surface area contributed by atoms with Crippen LogP contribution in [0.25, 0.3) is 0 Å². The number of nitrogens with zero attached hydrogens (tertiary/aromatic N) is 1. The van der Waals surface area contributed by atoms with Gasteiger partial charge in [0.2, 0.25) is 29.5 Å². The molecule has 0 unspecified atom stereocenters. The van der Waals surface area contributed by atoms with Crippen LogP contribution in [0.15, 0.2) is 12.7 Å². The van der Waals surface area contributed by atoms with E-state index < -0.39 is 84.2 Å². The number of hydrogen-bond acceptors (Lipinski definition) is 9. The largest absolute Gasteiger partial charge is 0.460 e. The minimum atomic E-state index is -1.09. The van der Waals surface area contributed by atoms with E-state index in [0.717, 1.165) is 32.1 Å². The topological polar surface area (TPSA) is 223 Å². The summed E-state index contributed by atoms with van der Waals surface area (Å²) in [7, 11) is 1.52. The zero-order valence-corrected chi connectivity index (χ0v) is 30.4. The van der Waals surface area contributed by atoms with E-state index in [1.54, 1.807) is 13.0 Å². The van der Waals surface area contributed by atoms with E-state index in [-0.39, 0.29) is 18.4 Å².